The molecule has 0 fully saturated rings. The van der Waals surface area contributed by atoms with Gasteiger partial charge in [-0.3, -0.25) is 4.79 Å². The summed E-state index contributed by atoms with van der Waals surface area (Å²) in [5.41, 5.74) is 0.729. The van der Waals surface area contributed by atoms with Crippen LogP contribution in [0.25, 0.3) is 0 Å². The van der Waals surface area contributed by atoms with Gasteiger partial charge in [-0.2, -0.15) is 0 Å². The van der Waals surface area contributed by atoms with Gasteiger partial charge in [0.2, 0.25) is 0 Å². The van der Waals surface area contributed by atoms with Crippen LogP contribution >= 0.6 is 0 Å². The summed E-state index contributed by atoms with van der Waals surface area (Å²) in [6.45, 7) is 0. The third-order valence-electron chi connectivity index (χ3n) is 0.936. The van der Waals surface area contributed by atoms with Gasteiger partial charge in [0.05, 0.1) is 0 Å². The standard InChI is InChI=1S/C7H6O.Mn.Zn/c8-6-7-4-2-1-3-5-7;;/h1-6H;;. The van der Waals surface area contributed by atoms with Gasteiger partial charge in [0.1, 0.15) is 6.29 Å². The molecular weight excluding hydrogens is 220 g/mol. The van der Waals surface area contributed by atoms with Crippen molar-refractivity contribution in [3.05, 3.63) is 35.9 Å². The van der Waals surface area contributed by atoms with Gasteiger partial charge in [-0.15, -0.1) is 0 Å². The van der Waals surface area contributed by atoms with Crippen molar-refractivity contribution in [1.82, 2.24) is 0 Å². The maximum Gasteiger partial charge on any atom is 0.150 e. The Morgan fingerprint density at radius 1 is 1.10 bits per heavy atom. The average molecular weight is 226 g/mol. The Labute approximate surface area is 83.4 Å². The summed E-state index contributed by atoms with van der Waals surface area (Å²) in [4.78, 5) is 10.0. The molecule has 0 heterocycles. The molecule has 0 saturated heterocycles. The molecule has 0 saturated carbocycles. The molecule has 0 bridgehead atoms. The SMILES string of the molecule is O=Cc1ccccc1.[Mn].[Zn]. The summed E-state index contributed by atoms with van der Waals surface area (Å²) in [5, 5.41) is 0. The predicted molar refractivity (Wildman–Crippen MR) is 31.8 cm³/mol. The predicted octanol–water partition coefficient (Wildman–Crippen LogP) is 1.49. The molecule has 0 aliphatic rings. The fourth-order valence-corrected chi connectivity index (χ4v) is 0.532. The minimum atomic E-state index is 0. The normalized spacial score (nSPS) is 6.80. The van der Waals surface area contributed by atoms with Crippen LogP contribution in [0.15, 0.2) is 30.3 Å². The monoisotopic (exact) mass is 225 g/mol. The van der Waals surface area contributed by atoms with Gasteiger partial charge in [0.25, 0.3) is 0 Å². The number of benzene rings is 1. The zero-order chi connectivity index (χ0) is 5.82. The zero-order valence-corrected chi connectivity index (χ0v) is 9.60. The van der Waals surface area contributed by atoms with Crippen molar-refractivity contribution in [3.63, 3.8) is 0 Å². The Morgan fingerprint density at radius 2 is 1.60 bits per heavy atom. The number of hydrogen-bond acceptors (Lipinski definition) is 1. The van der Waals surface area contributed by atoms with Gasteiger partial charge in [0, 0.05) is 42.1 Å². The van der Waals surface area contributed by atoms with Gasteiger partial charge in [0.15, 0.2) is 0 Å². The van der Waals surface area contributed by atoms with Crippen LogP contribution in [-0.4, -0.2) is 6.29 Å². The maximum atomic E-state index is 10.0. The van der Waals surface area contributed by atoms with E-state index in [1.807, 2.05) is 18.2 Å². The topological polar surface area (TPSA) is 17.1 Å². The van der Waals surface area contributed by atoms with Crippen LogP contribution in [0.1, 0.15) is 10.4 Å². The number of carbonyl (C=O) groups excluding carboxylic acids is 1. The van der Waals surface area contributed by atoms with Crippen LogP contribution < -0.4 is 0 Å². The van der Waals surface area contributed by atoms with Crippen molar-refractivity contribution in [2.45, 2.75) is 0 Å². The van der Waals surface area contributed by atoms with Crippen molar-refractivity contribution in [3.8, 4) is 0 Å². The molecule has 1 aromatic carbocycles. The first-order valence-electron chi connectivity index (χ1n) is 2.44. The van der Waals surface area contributed by atoms with Crippen LogP contribution in [0.4, 0.5) is 0 Å². The van der Waals surface area contributed by atoms with E-state index in [1.54, 1.807) is 12.1 Å². The molecule has 1 aromatic rings. The van der Waals surface area contributed by atoms with E-state index in [0.29, 0.717) is 0 Å². The first kappa shape index (κ1) is 12.7. The third-order valence-corrected chi connectivity index (χ3v) is 0.936. The Balaban J connectivity index is 0. The second-order valence-corrected chi connectivity index (χ2v) is 1.53. The Morgan fingerprint density at radius 3 is 1.90 bits per heavy atom. The third kappa shape index (κ3) is 3.95. The summed E-state index contributed by atoms with van der Waals surface area (Å²) in [6.07, 6.45) is 0.833. The summed E-state index contributed by atoms with van der Waals surface area (Å²) in [6, 6.07) is 9.10. The largest absolute Gasteiger partial charge is 0.298 e. The second-order valence-electron chi connectivity index (χ2n) is 1.53. The number of rotatable bonds is 1. The molecule has 0 unspecified atom stereocenters. The fraction of sp³-hybridized carbons (Fsp3) is 0. The first-order valence-corrected chi connectivity index (χ1v) is 2.44. The van der Waals surface area contributed by atoms with E-state index in [-0.39, 0.29) is 36.5 Å². The molecule has 0 atom stereocenters. The van der Waals surface area contributed by atoms with E-state index in [0.717, 1.165) is 11.8 Å². The van der Waals surface area contributed by atoms with E-state index in [2.05, 4.69) is 0 Å². The molecule has 1 rings (SSSR count). The smallest absolute Gasteiger partial charge is 0.150 e. The summed E-state index contributed by atoms with van der Waals surface area (Å²) >= 11 is 0. The van der Waals surface area contributed by atoms with Crippen LogP contribution in [0.3, 0.4) is 0 Å². The molecule has 0 N–H and O–H groups in total. The zero-order valence-electron chi connectivity index (χ0n) is 5.46. The van der Waals surface area contributed by atoms with E-state index in [4.69, 9.17) is 0 Å². The van der Waals surface area contributed by atoms with Gasteiger partial charge in [-0.1, -0.05) is 30.3 Å². The quantitative estimate of drug-likeness (QED) is 0.524. The Bertz CT molecular complexity index is 176. The van der Waals surface area contributed by atoms with Gasteiger partial charge in [-0.05, 0) is 0 Å². The average Bonchev–Trinajstić information content (AvgIpc) is 1.90. The summed E-state index contributed by atoms with van der Waals surface area (Å²) in [5.74, 6) is 0. The Kier molecular flexibility index (Phi) is 9.06. The minimum Gasteiger partial charge on any atom is -0.298 e. The molecule has 3 heteroatoms. The molecule has 1 radical (unpaired) electrons. The Hall–Kier alpha value is 0.0329. The van der Waals surface area contributed by atoms with Gasteiger partial charge in [-0.25, -0.2) is 0 Å². The maximum absolute atomic E-state index is 10.0. The number of hydrogen-bond donors (Lipinski definition) is 0. The molecule has 0 aromatic heterocycles. The summed E-state index contributed by atoms with van der Waals surface area (Å²) in [7, 11) is 0. The molecule has 10 heavy (non-hydrogen) atoms. The van der Waals surface area contributed by atoms with Crippen LogP contribution in [0.5, 0.6) is 0 Å². The second kappa shape index (κ2) is 7.14. The number of aldehydes is 1. The van der Waals surface area contributed by atoms with Gasteiger partial charge >= 0.3 is 0 Å². The van der Waals surface area contributed by atoms with Gasteiger partial charge < -0.3 is 0 Å². The van der Waals surface area contributed by atoms with E-state index < -0.39 is 0 Å². The van der Waals surface area contributed by atoms with Crippen molar-refractivity contribution < 1.29 is 41.3 Å². The molecule has 1 nitrogen and oxygen atoms in total. The fourth-order valence-electron chi connectivity index (χ4n) is 0.532. The van der Waals surface area contributed by atoms with E-state index >= 15 is 0 Å². The van der Waals surface area contributed by atoms with E-state index in [1.165, 1.54) is 0 Å². The van der Waals surface area contributed by atoms with Crippen LogP contribution in [0.2, 0.25) is 0 Å². The molecule has 0 spiro atoms. The van der Waals surface area contributed by atoms with Crippen molar-refractivity contribution in [2.24, 2.45) is 0 Å². The minimum absolute atomic E-state index is 0. The first-order chi connectivity index (χ1) is 3.93. The summed E-state index contributed by atoms with van der Waals surface area (Å²) < 4.78 is 0. The van der Waals surface area contributed by atoms with E-state index in [9.17, 15) is 4.79 Å². The van der Waals surface area contributed by atoms with Crippen LogP contribution in [0, 0.1) is 0 Å². The molecule has 0 aliphatic carbocycles. The van der Waals surface area contributed by atoms with Crippen molar-refractivity contribution in [2.75, 3.05) is 0 Å². The molecule has 0 amide bonds. The van der Waals surface area contributed by atoms with Crippen molar-refractivity contribution in [1.29, 1.82) is 0 Å². The molecule has 0 aliphatic heterocycles. The number of carbonyl (C=O) groups is 1. The van der Waals surface area contributed by atoms with Crippen LogP contribution in [-0.2, 0) is 36.5 Å². The van der Waals surface area contributed by atoms with Crippen molar-refractivity contribution >= 4 is 6.29 Å². The molecular formula is C7H6MnOZn. The molecule has 49 valence electrons.